The number of likely N-dealkylation sites (tertiary alicyclic amines) is 1. The zero-order chi connectivity index (χ0) is 15.3. The van der Waals surface area contributed by atoms with E-state index in [9.17, 15) is 9.59 Å². The van der Waals surface area contributed by atoms with Crippen LogP contribution in [0.1, 0.15) is 6.92 Å². The Morgan fingerprint density at radius 2 is 1.80 bits per heavy atom. The zero-order valence-electron chi connectivity index (χ0n) is 11.5. The minimum absolute atomic E-state index is 0.186. The lowest BCUT2D eigenvalue weighted by Crippen LogP contribution is -2.30. The highest BCUT2D eigenvalue weighted by molar-refractivity contribution is 5.86. The van der Waals surface area contributed by atoms with Crippen molar-refractivity contribution in [2.45, 2.75) is 6.92 Å². The highest BCUT2D eigenvalue weighted by atomic mass is 16.5. The van der Waals surface area contributed by atoms with E-state index in [4.69, 9.17) is 15.3 Å². The molecule has 0 aromatic carbocycles. The average molecular weight is 277 g/mol. The first-order valence-electron chi connectivity index (χ1n) is 6.00. The van der Waals surface area contributed by atoms with Gasteiger partial charge in [0.15, 0.2) is 0 Å². The minimum atomic E-state index is -0.985. The molecule has 0 saturated carbocycles. The van der Waals surface area contributed by atoms with Crippen LogP contribution in [0.5, 0.6) is 0 Å². The van der Waals surface area contributed by atoms with Crippen molar-refractivity contribution in [3.63, 3.8) is 0 Å². The van der Waals surface area contributed by atoms with Gasteiger partial charge in [0.2, 0.25) is 0 Å². The summed E-state index contributed by atoms with van der Waals surface area (Å²) in [5.74, 6) is -2.99. The van der Waals surface area contributed by atoms with E-state index in [1.54, 1.807) is 24.0 Å². The van der Waals surface area contributed by atoms with Crippen LogP contribution in [-0.2, 0) is 19.1 Å². The van der Waals surface area contributed by atoms with Gasteiger partial charge in [0.1, 0.15) is 23.6 Å². The Balaban J connectivity index is 3.41. The second-order valence-electron chi connectivity index (χ2n) is 4.15. The Morgan fingerprint density at radius 1 is 1.25 bits per heavy atom. The molecule has 1 aliphatic rings. The fraction of sp³-hybridized carbons (Fsp3) is 0.538. The summed E-state index contributed by atoms with van der Waals surface area (Å²) in [7, 11) is 2.42. The first-order chi connectivity index (χ1) is 9.55. The van der Waals surface area contributed by atoms with Gasteiger partial charge >= 0.3 is 11.9 Å². The smallest absolute Gasteiger partial charge is 0.315 e. The van der Waals surface area contributed by atoms with E-state index in [1.807, 2.05) is 0 Å². The fourth-order valence-electron chi connectivity index (χ4n) is 2.35. The Hall–Kier alpha value is -2.54. The topological polar surface area (TPSA) is 103 Å². The third kappa shape index (κ3) is 2.57. The van der Waals surface area contributed by atoms with Gasteiger partial charge in [-0.3, -0.25) is 9.59 Å². The van der Waals surface area contributed by atoms with Crippen molar-refractivity contribution in [2.24, 2.45) is 11.8 Å². The number of carbonyl (C=O) groups is 2. The van der Waals surface area contributed by atoms with Crippen molar-refractivity contribution in [1.29, 1.82) is 10.5 Å². The molecule has 0 aromatic heterocycles. The number of allylic oxidation sites excluding steroid dienone is 1. The third-order valence-corrected chi connectivity index (χ3v) is 3.28. The van der Waals surface area contributed by atoms with Crippen LogP contribution < -0.4 is 0 Å². The van der Waals surface area contributed by atoms with Crippen molar-refractivity contribution < 1.29 is 19.1 Å². The molecule has 0 aliphatic carbocycles. The van der Waals surface area contributed by atoms with Crippen molar-refractivity contribution in [3.05, 3.63) is 11.3 Å². The van der Waals surface area contributed by atoms with Crippen LogP contribution in [-0.4, -0.2) is 44.1 Å². The van der Waals surface area contributed by atoms with Gasteiger partial charge in [-0.25, -0.2) is 0 Å². The molecule has 7 heteroatoms. The lowest BCUT2D eigenvalue weighted by atomic mass is 9.92. The van der Waals surface area contributed by atoms with Crippen LogP contribution in [0.2, 0.25) is 0 Å². The summed E-state index contributed by atoms with van der Waals surface area (Å²) in [6.07, 6.45) is 0. The SMILES string of the molecule is CCN1C[C@@H](C(=O)OC)[C@H](C(=O)OC)C1=C(C#N)C#N. The maximum absolute atomic E-state index is 11.9. The van der Waals surface area contributed by atoms with Crippen molar-refractivity contribution >= 4 is 11.9 Å². The molecule has 0 bridgehead atoms. The predicted octanol–water partition coefficient (Wildman–Crippen LogP) is 0.202. The van der Waals surface area contributed by atoms with Crippen molar-refractivity contribution in [3.8, 4) is 12.1 Å². The Morgan fingerprint density at radius 3 is 2.20 bits per heavy atom. The number of carbonyl (C=O) groups excluding carboxylic acids is 2. The normalized spacial score (nSPS) is 20.9. The fourth-order valence-corrected chi connectivity index (χ4v) is 2.35. The van der Waals surface area contributed by atoms with Gasteiger partial charge in [-0.2, -0.15) is 10.5 Å². The minimum Gasteiger partial charge on any atom is -0.469 e. The second-order valence-corrected chi connectivity index (χ2v) is 4.15. The molecule has 0 amide bonds. The van der Waals surface area contributed by atoms with E-state index in [-0.39, 0.29) is 17.8 Å². The van der Waals surface area contributed by atoms with Crippen LogP contribution in [0.4, 0.5) is 0 Å². The summed E-state index contributed by atoms with van der Waals surface area (Å²) in [6.45, 7) is 2.48. The molecule has 2 atom stereocenters. The Kier molecular flexibility index (Phi) is 5.10. The molecule has 20 heavy (non-hydrogen) atoms. The highest BCUT2D eigenvalue weighted by Gasteiger charge is 2.48. The summed E-state index contributed by atoms with van der Waals surface area (Å²) in [4.78, 5) is 25.4. The van der Waals surface area contributed by atoms with E-state index < -0.39 is 23.8 Å². The number of nitriles is 2. The number of hydrogen-bond acceptors (Lipinski definition) is 7. The van der Waals surface area contributed by atoms with E-state index in [0.717, 1.165) is 0 Å². The molecule has 1 fully saturated rings. The number of rotatable bonds is 3. The summed E-state index contributed by atoms with van der Waals surface area (Å²) in [6, 6.07) is 3.52. The lowest BCUT2D eigenvalue weighted by molar-refractivity contribution is -0.154. The maximum Gasteiger partial charge on any atom is 0.315 e. The quantitative estimate of drug-likeness (QED) is 0.536. The maximum atomic E-state index is 11.9. The van der Waals surface area contributed by atoms with Crippen LogP contribution in [0, 0.1) is 34.5 Å². The van der Waals surface area contributed by atoms with Crippen LogP contribution in [0.15, 0.2) is 11.3 Å². The molecule has 0 aromatic rings. The van der Waals surface area contributed by atoms with Gasteiger partial charge in [-0.15, -0.1) is 0 Å². The summed E-state index contributed by atoms with van der Waals surface area (Å²) >= 11 is 0. The zero-order valence-corrected chi connectivity index (χ0v) is 11.5. The molecule has 1 saturated heterocycles. The van der Waals surface area contributed by atoms with Crippen molar-refractivity contribution in [1.82, 2.24) is 4.90 Å². The third-order valence-electron chi connectivity index (χ3n) is 3.28. The molecule has 0 unspecified atom stereocenters. The number of nitrogens with zero attached hydrogens (tertiary/aromatic N) is 3. The highest BCUT2D eigenvalue weighted by Crippen LogP contribution is 2.36. The van der Waals surface area contributed by atoms with Crippen molar-refractivity contribution in [2.75, 3.05) is 27.3 Å². The first-order valence-corrected chi connectivity index (χ1v) is 6.00. The van der Waals surface area contributed by atoms with E-state index in [0.29, 0.717) is 6.54 Å². The van der Waals surface area contributed by atoms with Gasteiger partial charge in [0, 0.05) is 13.1 Å². The summed E-state index contributed by atoms with van der Waals surface area (Å²) in [5.41, 5.74) is 0.0494. The number of hydrogen-bond donors (Lipinski definition) is 0. The van der Waals surface area contributed by atoms with Crippen LogP contribution in [0.25, 0.3) is 0 Å². The van der Waals surface area contributed by atoms with Gasteiger partial charge in [0.25, 0.3) is 0 Å². The predicted molar refractivity (Wildman–Crippen MR) is 66.5 cm³/mol. The lowest BCUT2D eigenvalue weighted by Gasteiger charge is -2.19. The van der Waals surface area contributed by atoms with E-state index in [2.05, 4.69) is 4.74 Å². The largest absolute Gasteiger partial charge is 0.469 e. The average Bonchev–Trinajstić information content (AvgIpc) is 2.86. The molecular formula is C13H15N3O4. The van der Waals surface area contributed by atoms with Crippen LogP contribution >= 0.6 is 0 Å². The molecule has 0 spiro atoms. The van der Waals surface area contributed by atoms with Gasteiger partial charge in [-0.1, -0.05) is 0 Å². The Labute approximate surface area is 117 Å². The van der Waals surface area contributed by atoms with E-state index in [1.165, 1.54) is 14.2 Å². The summed E-state index contributed by atoms with van der Waals surface area (Å²) < 4.78 is 9.38. The summed E-state index contributed by atoms with van der Waals surface area (Å²) in [5, 5.41) is 18.1. The van der Waals surface area contributed by atoms with Gasteiger partial charge in [-0.05, 0) is 6.92 Å². The monoisotopic (exact) mass is 277 g/mol. The molecule has 1 heterocycles. The Bertz CT molecular complexity index is 511. The molecule has 0 N–H and O–H groups in total. The second kappa shape index (κ2) is 6.58. The first kappa shape index (κ1) is 15.5. The molecule has 1 aliphatic heterocycles. The molecule has 106 valence electrons. The number of methoxy groups -OCH3 is 2. The van der Waals surface area contributed by atoms with Crippen LogP contribution in [0.3, 0.4) is 0 Å². The van der Waals surface area contributed by atoms with Gasteiger partial charge in [0.05, 0.1) is 25.8 Å². The van der Waals surface area contributed by atoms with Gasteiger partial charge < -0.3 is 14.4 Å². The molecule has 1 rings (SSSR count). The molecular weight excluding hydrogens is 262 g/mol. The number of esters is 2. The molecule has 0 radical (unpaired) electrons. The molecule has 7 nitrogen and oxygen atoms in total. The number of ether oxygens (including phenoxy) is 2. The standard InChI is InChI=1S/C13H15N3O4/c1-4-16-7-9(12(17)19-2)10(13(18)20-3)11(16)8(5-14)6-15/h9-10H,4,7H2,1-3H3/t9-,10+/m1/s1. The van der Waals surface area contributed by atoms with E-state index >= 15 is 0 Å².